The summed E-state index contributed by atoms with van der Waals surface area (Å²) in [6, 6.07) is 0. The van der Waals surface area contributed by atoms with E-state index in [1.807, 2.05) is 6.92 Å². The normalized spacial score (nSPS) is 12.6. The molecule has 1 unspecified atom stereocenters. The maximum absolute atomic E-state index is 10.9. The van der Waals surface area contributed by atoms with Crippen LogP contribution < -0.4 is 5.73 Å². The number of carboxylic acids is 1. The highest BCUT2D eigenvalue weighted by Gasteiger charge is 2.19. The van der Waals surface area contributed by atoms with Crippen LogP contribution in [-0.4, -0.2) is 57.0 Å². The molecule has 1 aromatic rings. The number of carbonyl (C=O) groups is 1. The van der Waals surface area contributed by atoms with E-state index in [4.69, 9.17) is 15.6 Å². The summed E-state index contributed by atoms with van der Waals surface area (Å²) in [6.07, 6.45) is -0.416. The summed E-state index contributed by atoms with van der Waals surface area (Å²) in [5.41, 5.74) is 5.72. The Morgan fingerprint density at radius 3 is 2.89 bits per heavy atom. The molecule has 0 aromatic carbocycles. The molecule has 0 aliphatic rings. The van der Waals surface area contributed by atoms with Crippen LogP contribution in [0.15, 0.2) is 0 Å². The first-order valence-electron chi connectivity index (χ1n) is 5.71. The Morgan fingerprint density at radius 1 is 1.61 bits per heavy atom. The van der Waals surface area contributed by atoms with Crippen LogP contribution in [0.25, 0.3) is 0 Å². The van der Waals surface area contributed by atoms with Gasteiger partial charge in [-0.05, 0) is 13.5 Å². The first-order chi connectivity index (χ1) is 8.60. The minimum absolute atomic E-state index is 0.121. The molecule has 0 aliphatic carbocycles. The quantitative estimate of drug-likeness (QED) is 0.539. The van der Waals surface area contributed by atoms with E-state index in [1.165, 1.54) is 4.68 Å². The fourth-order valence-corrected chi connectivity index (χ4v) is 1.54. The zero-order valence-corrected chi connectivity index (χ0v) is 10.2. The van der Waals surface area contributed by atoms with Crippen molar-refractivity contribution < 1.29 is 19.7 Å². The van der Waals surface area contributed by atoms with Crippen LogP contribution in [0.3, 0.4) is 0 Å². The lowest BCUT2D eigenvalue weighted by molar-refractivity contribution is 0.0309. The average Bonchev–Trinajstić information content (AvgIpc) is 2.70. The van der Waals surface area contributed by atoms with Gasteiger partial charge in [-0.1, -0.05) is 5.21 Å². The third kappa shape index (κ3) is 3.76. The van der Waals surface area contributed by atoms with Crippen LogP contribution in [-0.2, 0) is 17.7 Å². The molecule has 1 rings (SSSR count). The standard InChI is InChI=1S/C10H18N4O4/c1-2-18-6-7(15)5-14-8(3-4-11)9(10(16)17)12-13-14/h7,15H,2-6,11H2,1H3,(H,16,17). The van der Waals surface area contributed by atoms with Crippen molar-refractivity contribution in [3.63, 3.8) is 0 Å². The lowest BCUT2D eigenvalue weighted by Crippen LogP contribution is -2.24. The van der Waals surface area contributed by atoms with Crippen LogP contribution in [0.2, 0.25) is 0 Å². The lowest BCUT2D eigenvalue weighted by atomic mass is 10.2. The Kier molecular flexibility index (Phi) is 5.69. The molecule has 4 N–H and O–H groups in total. The van der Waals surface area contributed by atoms with Crippen LogP contribution in [0.4, 0.5) is 0 Å². The van der Waals surface area contributed by atoms with E-state index in [9.17, 15) is 9.90 Å². The summed E-state index contributed by atoms with van der Waals surface area (Å²) in [6.45, 7) is 2.92. The zero-order valence-electron chi connectivity index (χ0n) is 10.2. The molecule has 0 saturated carbocycles. The Labute approximate surface area is 104 Å². The molecule has 0 saturated heterocycles. The first kappa shape index (κ1) is 14.6. The minimum Gasteiger partial charge on any atom is -0.476 e. The van der Waals surface area contributed by atoms with E-state index < -0.39 is 12.1 Å². The molecule has 8 heteroatoms. The van der Waals surface area contributed by atoms with E-state index in [1.54, 1.807) is 0 Å². The van der Waals surface area contributed by atoms with Crippen molar-refractivity contribution in [1.82, 2.24) is 15.0 Å². The van der Waals surface area contributed by atoms with Gasteiger partial charge in [0, 0.05) is 13.0 Å². The number of hydrogen-bond acceptors (Lipinski definition) is 6. The fourth-order valence-electron chi connectivity index (χ4n) is 1.54. The number of rotatable bonds is 8. The van der Waals surface area contributed by atoms with Crippen LogP contribution >= 0.6 is 0 Å². The monoisotopic (exact) mass is 258 g/mol. The number of aliphatic hydroxyl groups excluding tert-OH is 1. The molecule has 0 radical (unpaired) electrons. The summed E-state index contributed by atoms with van der Waals surface area (Å²) >= 11 is 0. The molecule has 102 valence electrons. The molecule has 18 heavy (non-hydrogen) atoms. The van der Waals surface area contributed by atoms with Gasteiger partial charge < -0.3 is 20.7 Å². The van der Waals surface area contributed by atoms with Gasteiger partial charge in [0.05, 0.1) is 24.9 Å². The van der Waals surface area contributed by atoms with Gasteiger partial charge in [0.15, 0.2) is 5.69 Å². The second-order valence-electron chi connectivity index (χ2n) is 3.72. The van der Waals surface area contributed by atoms with E-state index in [-0.39, 0.29) is 25.4 Å². The van der Waals surface area contributed by atoms with Crippen molar-refractivity contribution in [2.45, 2.75) is 26.0 Å². The molecular weight excluding hydrogens is 240 g/mol. The number of nitrogens with zero attached hydrogens (tertiary/aromatic N) is 3. The van der Waals surface area contributed by atoms with Crippen LogP contribution in [0, 0.1) is 0 Å². The van der Waals surface area contributed by atoms with Crippen LogP contribution in [0.5, 0.6) is 0 Å². The number of hydrogen-bond donors (Lipinski definition) is 3. The van der Waals surface area contributed by atoms with Crippen LogP contribution in [0.1, 0.15) is 23.1 Å². The predicted molar refractivity (Wildman–Crippen MR) is 62.2 cm³/mol. The first-order valence-corrected chi connectivity index (χ1v) is 5.71. The smallest absolute Gasteiger partial charge is 0.358 e. The molecule has 0 fully saturated rings. The summed E-state index contributed by atoms with van der Waals surface area (Å²) in [7, 11) is 0. The number of ether oxygens (including phenoxy) is 1. The Bertz CT molecular complexity index is 393. The molecule has 0 amide bonds. The van der Waals surface area contributed by atoms with E-state index >= 15 is 0 Å². The van der Waals surface area contributed by atoms with Gasteiger partial charge >= 0.3 is 5.97 Å². The van der Waals surface area contributed by atoms with Gasteiger partial charge in [-0.2, -0.15) is 0 Å². The summed E-state index contributed by atoms with van der Waals surface area (Å²) in [5, 5.41) is 25.9. The third-order valence-corrected chi connectivity index (χ3v) is 2.32. The maximum atomic E-state index is 10.9. The van der Waals surface area contributed by atoms with E-state index in [2.05, 4.69) is 10.3 Å². The van der Waals surface area contributed by atoms with Gasteiger partial charge in [0.1, 0.15) is 0 Å². The highest BCUT2D eigenvalue weighted by molar-refractivity contribution is 5.86. The molecule has 1 aromatic heterocycles. The highest BCUT2D eigenvalue weighted by atomic mass is 16.5. The number of aromatic nitrogens is 3. The number of aromatic carboxylic acids is 1. The Hall–Kier alpha value is -1.51. The molecular formula is C10H18N4O4. The number of aliphatic hydroxyl groups is 1. The van der Waals surface area contributed by atoms with Crippen molar-refractivity contribution in [2.75, 3.05) is 19.8 Å². The van der Waals surface area contributed by atoms with E-state index in [0.29, 0.717) is 18.7 Å². The van der Waals surface area contributed by atoms with Crippen molar-refractivity contribution in [1.29, 1.82) is 0 Å². The second kappa shape index (κ2) is 7.04. The molecule has 8 nitrogen and oxygen atoms in total. The van der Waals surface area contributed by atoms with E-state index in [0.717, 1.165) is 0 Å². The average molecular weight is 258 g/mol. The maximum Gasteiger partial charge on any atom is 0.358 e. The zero-order chi connectivity index (χ0) is 13.5. The van der Waals surface area contributed by atoms with Gasteiger partial charge in [0.25, 0.3) is 0 Å². The van der Waals surface area contributed by atoms with Crippen molar-refractivity contribution >= 4 is 5.97 Å². The van der Waals surface area contributed by atoms with Crippen molar-refractivity contribution in [3.8, 4) is 0 Å². The highest BCUT2D eigenvalue weighted by Crippen LogP contribution is 2.07. The summed E-state index contributed by atoms with van der Waals surface area (Å²) < 4.78 is 6.43. The van der Waals surface area contributed by atoms with Crippen molar-refractivity contribution in [3.05, 3.63) is 11.4 Å². The molecule has 1 heterocycles. The van der Waals surface area contributed by atoms with Gasteiger partial charge in [-0.25, -0.2) is 9.48 Å². The summed E-state index contributed by atoms with van der Waals surface area (Å²) in [5.74, 6) is -1.15. The molecule has 0 bridgehead atoms. The number of nitrogens with two attached hydrogens (primary N) is 1. The van der Waals surface area contributed by atoms with Gasteiger partial charge in [0.2, 0.25) is 0 Å². The summed E-state index contributed by atoms with van der Waals surface area (Å²) in [4.78, 5) is 10.9. The SMILES string of the molecule is CCOCC(O)Cn1nnc(C(=O)O)c1CCN. The predicted octanol–water partition coefficient (Wildman–Crippen LogP) is -1.13. The molecule has 0 spiro atoms. The lowest BCUT2D eigenvalue weighted by Gasteiger charge is -2.12. The topological polar surface area (TPSA) is 123 Å². The van der Waals surface area contributed by atoms with Gasteiger partial charge in [-0.15, -0.1) is 5.10 Å². The number of carboxylic acid groups (broad SMARTS) is 1. The molecule has 0 aliphatic heterocycles. The Morgan fingerprint density at radius 2 is 2.33 bits per heavy atom. The largest absolute Gasteiger partial charge is 0.476 e. The molecule has 1 atom stereocenters. The van der Waals surface area contributed by atoms with Crippen molar-refractivity contribution in [2.24, 2.45) is 5.73 Å². The fraction of sp³-hybridized carbons (Fsp3) is 0.700. The van der Waals surface area contributed by atoms with Gasteiger partial charge in [-0.3, -0.25) is 0 Å². The minimum atomic E-state index is -1.15. The second-order valence-corrected chi connectivity index (χ2v) is 3.72. The Balaban J connectivity index is 2.78. The third-order valence-electron chi connectivity index (χ3n) is 2.32.